The van der Waals surface area contributed by atoms with Gasteiger partial charge in [0.05, 0.1) is 5.56 Å². The van der Waals surface area contributed by atoms with Crippen molar-refractivity contribution in [2.75, 3.05) is 6.54 Å². The van der Waals surface area contributed by atoms with Gasteiger partial charge in [0.1, 0.15) is 22.8 Å². The van der Waals surface area contributed by atoms with Gasteiger partial charge in [-0.1, -0.05) is 12.1 Å². The lowest BCUT2D eigenvalue weighted by atomic mass is 9.89. The van der Waals surface area contributed by atoms with Crippen molar-refractivity contribution in [1.82, 2.24) is 5.32 Å². The van der Waals surface area contributed by atoms with Crippen LogP contribution in [0.4, 0.5) is 0 Å². The Morgan fingerprint density at radius 3 is 2.41 bits per heavy atom. The number of amides is 1. The molecule has 208 valence electrons. The van der Waals surface area contributed by atoms with Gasteiger partial charge >= 0.3 is 13.8 Å². The monoisotopic (exact) mass is 574 g/mol. The van der Waals surface area contributed by atoms with Gasteiger partial charge < -0.3 is 34.3 Å². The van der Waals surface area contributed by atoms with Gasteiger partial charge in [0.25, 0.3) is 5.91 Å². The predicted molar refractivity (Wildman–Crippen MR) is 146 cm³/mol. The zero-order chi connectivity index (χ0) is 29.3. The molecular weight excluding hydrogens is 553 g/mol. The first-order valence-corrected chi connectivity index (χ1v) is 13.7. The number of carboxylic acid groups (broad SMARTS) is 1. The third kappa shape index (κ3) is 6.12. The summed E-state index contributed by atoms with van der Waals surface area (Å²) in [6, 6.07) is 18.5. The number of hydrogen-bond donors (Lipinski definition) is 4. The number of nitrogens with one attached hydrogen (secondary N) is 1. The number of hydrogen-bond acceptors (Lipinski definition) is 8. The predicted octanol–water partition coefficient (Wildman–Crippen LogP) is 3.78. The van der Waals surface area contributed by atoms with Crippen LogP contribution < -0.4 is 20.2 Å². The van der Waals surface area contributed by atoms with Crippen molar-refractivity contribution in [3.63, 3.8) is 0 Å². The largest absolute Gasteiger partial charge is 0.746 e. The molecule has 1 amide bonds. The van der Waals surface area contributed by atoms with Crippen LogP contribution in [0.2, 0.25) is 0 Å². The summed E-state index contributed by atoms with van der Waals surface area (Å²) in [6.45, 7) is 0.205. The molecule has 0 saturated heterocycles. The number of carbonyl (C=O) groups excluding carboxylic acids is 1. The molecule has 0 aromatic heterocycles. The van der Waals surface area contributed by atoms with Crippen LogP contribution in [0.3, 0.4) is 0 Å². The van der Waals surface area contributed by atoms with E-state index in [-0.39, 0.29) is 51.5 Å². The minimum Gasteiger partial charge on any atom is -0.746 e. The Bertz CT molecular complexity index is 1870. The highest BCUT2D eigenvalue weighted by Crippen LogP contribution is 2.42. The number of phenols is 1. The Labute approximate surface area is 231 Å². The number of phenolic OH excluding ortho intramolecular Hbond substituents is 1. The first-order valence-electron chi connectivity index (χ1n) is 12.2. The van der Waals surface area contributed by atoms with E-state index in [1.165, 1.54) is 60.7 Å². The summed E-state index contributed by atoms with van der Waals surface area (Å²) in [4.78, 5) is 56.9. The number of carboxylic acids is 1. The highest BCUT2D eigenvalue weighted by atomic mass is 31.2. The summed E-state index contributed by atoms with van der Waals surface area (Å²) in [6.07, 6.45) is 0.386. The van der Waals surface area contributed by atoms with E-state index in [0.29, 0.717) is 22.9 Å². The zero-order valence-electron chi connectivity index (χ0n) is 21.1. The van der Waals surface area contributed by atoms with Crippen LogP contribution >= 0.6 is 7.82 Å². The van der Waals surface area contributed by atoms with Crippen molar-refractivity contribution < 1.29 is 43.1 Å². The lowest BCUT2D eigenvalue weighted by Crippen LogP contribution is -2.25. The molecule has 1 unspecified atom stereocenters. The third-order valence-electron chi connectivity index (χ3n) is 6.30. The lowest BCUT2D eigenvalue weighted by Gasteiger charge is -2.17. The number of phosphoric acid groups is 1. The number of benzene rings is 4. The molecule has 1 aliphatic carbocycles. The maximum absolute atomic E-state index is 13.1. The van der Waals surface area contributed by atoms with Crippen molar-refractivity contribution in [2.24, 2.45) is 0 Å². The number of aromatic carboxylic acids is 1. The molecule has 0 radical (unpaired) electrons. The third-order valence-corrected chi connectivity index (χ3v) is 6.74. The molecule has 3 aromatic carbocycles. The van der Waals surface area contributed by atoms with Gasteiger partial charge in [-0.25, -0.2) is 4.79 Å². The van der Waals surface area contributed by atoms with Crippen molar-refractivity contribution in [1.29, 1.82) is 0 Å². The Morgan fingerprint density at radius 2 is 1.71 bits per heavy atom. The van der Waals surface area contributed by atoms with Crippen molar-refractivity contribution in [2.45, 2.75) is 6.42 Å². The van der Waals surface area contributed by atoms with Gasteiger partial charge in [0.2, 0.25) is 0 Å². The summed E-state index contributed by atoms with van der Waals surface area (Å²) >= 11 is 0. The smallest absolute Gasteiger partial charge is 0.336 e. The van der Waals surface area contributed by atoms with Gasteiger partial charge in [-0.05, 0) is 72.1 Å². The van der Waals surface area contributed by atoms with E-state index < -0.39 is 19.7 Å². The second-order valence-corrected chi connectivity index (χ2v) is 10.2. The van der Waals surface area contributed by atoms with E-state index in [2.05, 4.69) is 9.84 Å². The Kier molecular flexibility index (Phi) is 7.34. The molecule has 41 heavy (non-hydrogen) atoms. The second-order valence-electron chi connectivity index (χ2n) is 9.09. The molecule has 0 fully saturated rings. The molecule has 4 N–H and O–H groups in total. The van der Waals surface area contributed by atoms with E-state index in [1.807, 2.05) is 0 Å². The fraction of sp³-hybridized carbons (Fsp3) is 0.0690. The summed E-state index contributed by atoms with van der Waals surface area (Å²) in [7, 11) is -4.91. The van der Waals surface area contributed by atoms with Gasteiger partial charge in [0, 0.05) is 40.8 Å². The van der Waals surface area contributed by atoms with Gasteiger partial charge in [-0.3, -0.25) is 14.2 Å². The summed E-state index contributed by atoms with van der Waals surface area (Å²) in [5, 5.41) is 23.2. The van der Waals surface area contributed by atoms with Crippen LogP contribution in [0.15, 0.2) is 88.1 Å². The highest BCUT2D eigenvalue weighted by Gasteiger charge is 2.23. The SMILES string of the molecule is O=C(NCCc1ccc(OP(=O)([O-])O)cc1)c1ccc(C(=O)O)c(-c2c3ccc(=O)cc-3oc3cc(O)ccc23)c1. The molecule has 0 spiro atoms. The molecule has 5 rings (SSSR count). The highest BCUT2D eigenvalue weighted by molar-refractivity contribution is 7.45. The van der Waals surface area contributed by atoms with Crippen LogP contribution in [0.1, 0.15) is 26.3 Å². The molecular formula is C29H21NO10P-. The normalized spacial score (nSPS) is 12.6. The van der Waals surface area contributed by atoms with Gasteiger partial charge in [-0.15, -0.1) is 0 Å². The van der Waals surface area contributed by atoms with Gasteiger partial charge in [-0.2, -0.15) is 0 Å². The van der Waals surface area contributed by atoms with Crippen LogP contribution in [0.5, 0.6) is 11.5 Å². The quantitative estimate of drug-likeness (QED) is 0.157. The van der Waals surface area contributed by atoms with Gasteiger partial charge in [0.15, 0.2) is 5.43 Å². The molecule has 1 aliphatic heterocycles. The minimum absolute atomic E-state index is 0.0554. The number of rotatable bonds is 8. The van der Waals surface area contributed by atoms with Crippen molar-refractivity contribution in [3.05, 3.63) is 106 Å². The molecule has 0 bridgehead atoms. The van der Waals surface area contributed by atoms with E-state index in [9.17, 15) is 34.1 Å². The molecule has 1 atom stereocenters. The van der Waals surface area contributed by atoms with Crippen LogP contribution in [0.25, 0.3) is 33.4 Å². The number of phosphoric ester groups is 1. The topological polar surface area (TPSA) is 186 Å². The Balaban J connectivity index is 1.47. The zero-order valence-corrected chi connectivity index (χ0v) is 22.0. The summed E-state index contributed by atoms with van der Waals surface area (Å²) in [5.41, 5.74) is 1.84. The van der Waals surface area contributed by atoms with E-state index in [1.54, 1.807) is 18.2 Å². The fourth-order valence-corrected chi connectivity index (χ4v) is 4.89. The van der Waals surface area contributed by atoms with E-state index >= 15 is 0 Å². The number of fused-ring (bicyclic) bond motifs is 2. The first-order chi connectivity index (χ1) is 19.5. The van der Waals surface area contributed by atoms with E-state index in [0.717, 1.165) is 5.56 Å². The number of carbonyl (C=O) groups is 2. The molecule has 11 nitrogen and oxygen atoms in total. The van der Waals surface area contributed by atoms with Crippen molar-refractivity contribution in [3.8, 4) is 33.9 Å². The molecule has 3 aromatic rings. The minimum atomic E-state index is -4.91. The Hall–Kier alpha value is -4.96. The Morgan fingerprint density at radius 1 is 0.951 bits per heavy atom. The fourth-order valence-electron chi connectivity index (χ4n) is 4.50. The average molecular weight is 574 g/mol. The number of aromatic hydroxyl groups is 1. The molecule has 12 heteroatoms. The van der Waals surface area contributed by atoms with Crippen molar-refractivity contribution >= 4 is 30.7 Å². The second kappa shape index (κ2) is 10.9. The lowest BCUT2D eigenvalue weighted by molar-refractivity contribution is -0.211. The maximum atomic E-state index is 13.1. The molecule has 0 saturated carbocycles. The van der Waals surface area contributed by atoms with E-state index in [4.69, 9.17) is 9.31 Å². The van der Waals surface area contributed by atoms with Crippen LogP contribution in [-0.2, 0) is 11.0 Å². The maximum Gasteiger partial charge on any atom is 0.336 e. The average Bonchev–Trinajstić information content (AvgIpc) is 2.91. The summed E-state index contributed by atoms with van der Waals surface area (Å²) in [5.74, 6) is -1.65. The van der Waals surface area contributed by atoms with Crippen LogP contribution in [-0.4, -0.2) is 33.5 Å². The standard InChI is InChI=1S/C29H22NO10P/c31-18-4-9-22-25(14-18)39-26-15-19(32)5-10-23(26)27(22)24-13-17(3-8-21(24)29(34)35)28(33)30-12-11-16-1-6-20(7-2-16)40-41(36,37)38/h1-10,13-15,31H,11-12H2,(H,30,33)(H,34,35)(H2,36,37,38)/p-1. The molecule has 2 aliphatic rings. The van der Waals surface area contributed by atoms with Crippen LogP contribution in [0, 0.1) is 0 Å². The first kappa shape index (κ1) is 27.6. The summed E-state index contributed by atoms with van der Waals surface area (Å²) < 4.78 is 21.1. The molecule has 1 heterocycles.